The van der Waals surface area contributed by atoms with Gasteiger partial charge in [0.05, 0.1) is 11.0 Å². The molecule has 0 bridgehead atoms. The van der Waals surface area contributed by atoms with E-state index in [-0.39, 0.29) is 17.7 Å². The number of imidazole rings is 1. The second kappa shape index (κ2) is 8.47. The summed E-state index contributed by atoms with van der Waals surface area (Å²) in [5.41, 5.74) is 4.00. The van der Waals surface area contributed by atoms with Gasteiger partial charge in [0.1, 0.15) is 5.82 Å². The van der Waals surface area contributed by atoms with Gasteiger partial charge in [0.25, 0.3) is 5.91 Å². The molecule has 2 aromatic carbocycles. The number of amides is 2. The van der Waals surface area contributed by atoms with E-state index in [9.17, 15) is 9.59 Å². The number of carbonyl (C=O) groups excluding carboxylic acids is 2. The number of hydrogen-bond acceptors (Lipinski definition) is 3. The summed E-state index contributed by atoms with van der Waals surface area (Å²) in [4.78, 5) is 32.3. The van der Waals surface area contributed by atoms with Crippen molar-refractivity contribution in [3.63, 3.8) is 0 Å². The summed E-state index contributed by atoms with van der Waals surface area (Å²) in [7, 11) is 1.61. The number of aromatic amines is 1. The average Bonchev–Trinajstić information content (AvgIpc) is 2.97. The number of anilines is 1. The van der Waals surface area contributed by atoms with Crippen LogP contribution in [0.1, 0.15) is 48.9 Å². The number of rotatable bonds is 4. The first kappa shape index (κ1) is 19.2. The molecule has 2 amide bonds. The molecular formula is C23H26N4O2. The van der Waals surface area contributed by atoms with E-state index >= 15 is 0 Å². The van der Waals surface area contributed by atoms with E-state index in [0.29, 0.717) is 5.56 Å². The van der Waals surface area contributed by atoms with Crippen molar-refractivity contribution < 1.29 is 9.59 Å². The molecule has 1 heterocycles. The molecule has 0 atom stereocenters. The van der Waals surface area contributed by atoms with Crippen molar-refractivity contribution in [3.05, 3.63) is 48.0 Å². The molecule has 1 aromatic heterocycles. The maximum Gasteiger partial charge on any atom is 0.251 e. The van der Waals surface area contributed by atoms with Gasteiger partial charge in [-0.05, 0) is 43.2 Å². The van der Waals surface area contributed by atoms with Gasteiger partial charge in [-0.2, -0.15) is 0 Å². The highest BCUT2D eigenvalue weighted by Gasteiger charge is 2.20. The summed E-state index contributed by atoms with van der Waals surface area (Å²) in [5.74, 6) is 0.853. The Morgan fingerprint density at radius 1 is 1.00 bits per heavy atom. The number of aromatic nitrogens is 2. The molecule has 3 aromatic rings. The second-order valence-corrected chi connectivity index (χ2v) is 7.65. The predicted molar refractivity (Wildman–Crippen MR) is 115 cm³/mol. The molecular weight excluding hydrogens is 364 g/mol. The van der Waals surface area contributed by atoms with E-state index < -0.39 is 0 Å². The molecule has 1 saturated carbocycles. The lowest BCUT2D eigenvalue weighted by Crippen LogP contribution is -2.22. The Balaban J connectivity index is 1.51. The molecule has 1 fully saturated rings. The van der Waals surface area contributed by atoms with Gasteiger partial charge in [-0.15, -0.1) is 0 Å². The normalized spacial score (nSPS) is 15.1. The lowest BCUT2D eigenvalue weighted by molar-refractivity contribution is -0.120. The van der Waals surface area contributed by atoms with Gasteiger partial charge in [-0.1, -0.05) is 37.8 Å². The van der Waals surface area contributed by atoms with Crippen molar-refractivity contribution in [2.75, 3.05) is 12.4 Å². The minimum atomic E-state index is -0.116. The third-order valence-corrected chi connectivity index (χ3v) is 5.62. The molecule has 1 aliphatic carbocycles. The molecule has 6 nitrogen and oxygen atoms in total. The largest absolute Gasteiger partial charge is 0.355 e. The zero-order valence-electron chi connectivity index (χ0n) is 16.6. The zero-order valence-corrected chi connectivity index (χ0v) is 16.6. The molecule has 29 heavy (non-hydrogen) atoms. The molecule has 4 rings (SSSR count). The van der Waals surface area contributed by atoms with E-state index in [4.69, 9.17) is 0 Å². The number of benzene rings is 2. The van der Waals surface area contributed by atoms with Crippen molar-refractivity contribution in [1.29, 1.82) is 0 Å². The van der Waals surface area contributed by atoms with Crippen molar-refractivity contribution in [2.45, 2.75) is 38.5 Å². The minimum Gasteiger partial charge on any atom is -0.355 e. The van der Waals surface area contributed by atoms with E-state index in [1.807, 2.05) is 30.3 Å². The van der Waals surface area contributed by atoms with E-state index in [1.54, 1.807) is 19.2 Å². The number of hydrogen-bond donors (Lipinski definition) is 3. The fraction of sp³-hybridized carbons (Fsp3) is 0.348. The fourth-order valence-corrected chi connectivity index (χ4v) is 3.93. The van der Waals surface area contributed by atoms with Crippen LogP contribution in [-0.2, 0) is 4.79 Å². The van der Waals surface area contributed by atoms with E-state index in [2.05, 4.69) is 20.6 Å². The standard InChI is InChI=1S/C23H26N4O2/c1-24-22(28)17-10-8-15(9-11-17)21-26-19-13-12-18(14-20(19)27-21)25-23(29)16-6-4-2-3-5-7-16/h8-14,16H,2-7H2,1H3,(H,24,28)(H,25,29)(H,26,27). The van der Waals surface area contributed by atoms with Crippen LogP contribution in [0, 0.1) is 5.92 Å². The third kappa shape index (κ3) is 4.31. The summed E-state index contributed by atoms with van der Waals surface area (Å²) in [6.45, 7) is 0. The summed E-state index contributed by atoms with van der Waals surface area (Å²) < 4.78 is 0. The number of fused-ring (bicyclic) bond motifs is 1. The number of nitrogens with one attached hydrogen (secondary N) is 3. The van der Waals surface area contributed by atoms with Crippen molar-refractivity contribution in [3.8, 4) is 11.4 Å². The monoisotopic (exact) mass is 390 g/mol. The van der Waals surface area contributed by atoms with Crippen LogP contribution < -0.4 is 10.6 Å². The Morgan fingerprint density at radius 3 is 2.41 bits per heavy atom. The maximum atomic E-state index is 12.6. The number of carbonyl (C=O) groups is 2. The van der Waals surface area contributed by atoms with E-state index in [1.165, 1.54) is 12.8 Å². The molecule has 0 aliphatic heterocycles. The van der Waals surface area contributed by atoms with Gasteiger partial charge in [0.15, 0.2) is 0 Å². The quantitative estimate of drug-likeness (QED) is 0.573. The molecule has 0 radical (unpaired) electrons. The fourth-order valence-electron chi connectivity index (χ4n) is 3.93. The first-order chi connectivity index (χ1) is 14.1. The lowest BCUT2D eigenvalue weighted by atomic mass is 9.99. The lowest BCUT2D eigenvalue weighted by Gasteiger charge is -2.14. The maximum absolute atomic E-state index is 12.6. The predicted octanol–water partition coefficient (Wildman–Crippen LogP) is 4.50. The van der Waals surface area contributed by atoms with Gasteiger partial charge in [0, 0.05) is 29.8 Å². The van der Waals surface area contributed by atoms with E-state index in [0.717, 1.165) is 53.8 Å². The summed E-state index contributed by atoms with van der Waals surface area (Å²) in [6, 6.07) is 13.0. The van der Waals surface area contributed by atoms with Crippen LogP contribution in [0.2, 0.25) is 0 Å². The Kier molecular flexibility index (Phi) is 5.60. The molecule has 0 spiro atoms. The third-order valence-electron chi connectivity index (χ3n) is 5.62. The number of H-pyrrole nitrogens is 1. The minimum absolute atomic E-state index is 0.115. The summed E-state index contributed by atoms with van der Waals surface area (Å²) in [6.07, 6.45) is 6.70. The van der Waals surface area contributed by atoms with Gasteiger partial charge >= 0.3 is 0 Å². The van der Waals surface area contributed by atoms with Gasteiger partial charge < -0.3 is 15.6 Å². The van der Waals surface area contributed by atoms with Crippen LogP contribution in [0.15, 0.2) is 42.5 Å². The highest BCUT2D eigenvalue weighted by molar-refractivity contribution is 5.95. The van der Waals surface area contributed by atoms with Gasteiger partial charge in [-0.3, -0.25) is 9.59 Å². The van der Waals surface area contributed by atoms with Crippen LogP contribution >= 0.6 is 0 Å². The smallest absolute Gasteiger partial charge is 0.251 e. The van der Waals surface area contributed by atoms with Crippen LogP contribution in [0.25, 0.3) is 22.4 Å². The van der Waals surface area contributed by atoms with Crippen molar-refractivity contribution in [2.24, 2.45) is 5.92 Å². The zero-order chi connectivity index (χ0) is 20.2. The first-order valence-electron chi connectivity index (χ1n) is 10.3. The average molecular weight is 390 g/mol. The SMILES string of the molecule is CNC(=O)c1ccc(-c2nc3ccc(NC(=O)C4CCCCCC4)cc3[nH]2)cc1. The molecule has 6 heteroatoms. The summed E-state index contributed by atoms with van der Waals surface area (Å²) in [5, 5.41) is 5.69. The Hall–Kier alpha value is -3.15. The van der Waals surface area contributed by atoms with Crippen LogP contribution in [0.4, 0.5) is 5.69 Å². The highest BCUT2D eigenvalue weighted by atomic mass is 16.2. The summed E-state index contributed by atoms with van der Waals surface area (Å²) >= 11 is 0. The Morgan fingerprint density at radius 2 is 1.72 bits per heavy atom. The molecule has 150 valence electrons. The van der Waals surface area contributed by atoms with Crippen molar-refractivity contribution in [1.82, 2.24) is 15.3 Å². The van der Waals surface area contributed by atoms with Gasteiger partial charge in [0.2, 0.25) is 5.91 Å². The Labute approximate surface area is 170 Å². The van der Waals surface area contributed by atoms with Crippen LogP contribution in [0.3, 0.4) is 0 Å². The van der Waals surface area contributed by atoms with Crippen LogP contribution in [-0.4, -0.2) is 28.8 Å². The topological polar surface area (TPSA) is 86.9 Å². The molecule has 0 unspecified atom stereocenters. The van der Waals surface area contributed by atoms with Gasteiger partial charge in [-0.25, -0.2) is 4.98 Å². The second-order valence-electron chi connectivity index (χ2n) is 7.65. The molecule has 1 aliphatic rings. The number of nitrogens with zero attached hydrogens (tertiary/aromatic N) is 1. The Bertz CT molecular complexity index is 1020. The molecule has 0 saturated heterocycles. The van der Waals surface area contributed by atoms with Crippen LogP contribution in [0.5, 0.6) is 0 Å². The van der Waals surface area contributed by atoms with Crippen molar-refractivity contribution >= 4 is 28.5 Å². The first-order valence-corrected chi connectivity index (χ1v) is 10.3. The molecule has 3 N–H and O–H groups in total. The highest BCUT2D eigenvalue weighted by Crippen LogP contribution is 2.26.